The molecule has 1 unspecified atom stereocenters. The third-order valence-corrected chi connectivity index (χ3v) is 1.36. The zero-order valence-electron chi connectivity index (χ0n) is 5.95. The number of rotatable bonds is 2. The number of hydrogen-bond donors (Lipinski definition) is 0. The third kappa shape index (κ3) is 1.54. The Bertz CT molecular complexity index is 186. The van der Waals surface area contributed by atoms with Gasteiger partial charge in [0.1, 0.15) is 0 Å². The summed E-state index contributed by atoms with van der Waals surface area (Å²) in [5.74, 6) is 0. The van der Waals surface area contributed by atoms with Gasteiger partial charge >= 0.3 is 0 Å². The van der Waals surface area contributed by atoms with E-state index in [-0.39, 0.29) is 6.10 Å². The van der Waals surface area contributed by atoms with Gasteiger partial charge in [0, 0.05) is 19.5 Å². The number of ether oxygens (including phenoxy) is 1. The van der Waals surface area contributed by atoms with Gasteiger partial charge in [-0.1, -0.05) is 0 Å². The minimum Gasteiger partial charge on any atom is -0.377 e. The van der Waals surface area contributed by atoms with Crippen LogP contribution >= 0.6 is 0 Å². The van der Waals surface area contributed by atoms with Crippen molar-refractivity contribution in [2.75, 3.05) is 7.11 Å². The summed E-state index contributed by atoms with van der Waals surface area (Å²) in [6.45, 7) is 3.78. The first-order chi connectivity index (χ1) is 4.84. The van der Waals surface area contributed by atoms with Crippen LogP contribution in [0.25, 0.3) is 0 Å². The second-order valence-corrected chi connectivity index (χ2v) is 2.00. The molecule has 2 nitrogen and oxygen atoms in total. The van der Waals surface area contributed by atoms with Crippen LogP contribution in [0.2, 0.25) is 0 Å². The summed E-state index contributed by atoms with van der Waals surface area (Å²) in [6, 6.07) is 3.78. The molecule has 0 spiro atoms. The van der Waals surface area contributed by atoms with Crippen molar-refractivity contribution in [3.63, 3.8) is 0 Å². The predicted octanol–water partition coefficient (Wildman–Crippen LogP) is 1.60. The van der Waals surface area contributed by atoms with Crippen LogP contribution in [0.15, 0.2) is 24.5 Å². The Kier molecular flexibility index (Phi) is 2.40. The van der Waals surface area contributed by atoms with Crippen LogP contribution in [0.4, 0.5) is 0 Å². The molecule has 0 bridgehead atoms. The van der Waals surface area contributed by atoms with Crippen molar-refractivity contribution in [1.82, 2.24) is 4.98 Å². The fourth-order valence-electron chi connectivity index (χ4n) is 0.714. The van der Waals surface area contributed by atoms with Gasteiger partial charge in [-0.3, -0.25) is 4.98 Å². The molecular weight excluding hydrogens is 126 g/mol. The molecule has 0 aromatic carbocycles. The maximum atomic E-state index is 5.00. The molecule has 0 aliphatic carbocycles. The van der Waals surface area contributed by atoms with Gasteiger partial charge in [0.05, 0.1) is 6.10 Å². The van der Waals surface area contributed by atoms with Gasteiger partial charge in [-0.2, -0.15) is 0 Å². The summed E-state index contributed by atoms with van der Waals surface area (Å²) in [5, 5.41) is 0. The molecule has 1 heterocycles. The van der Waals surface area contributed by atoms with Crippen LogP contribution in [-0.2, 0) is 4.74 Å². The van der Waals surface area contributed by atoms with E-state index in [0.717, 1.165) is 5.56 Å². The summed E-state index contributed by atoms with van der Waals surface area (Å²) in [4.78, 5) is 3.88. The monoisotopic (exact) mass is 136 g/mol. The van der Waals surface area contributed by atoms with E-state index >= 15 is 0 Å². The van der Waals surface area contributed by atoms with Crippen molar-refractivity contribution in [1.29, 1.82) is 0 Å². The Labute approximate surface area is 60.9 Å². The van der Waals surface area contributed by atoms with E-state index in [0.29, 0.717) is 0 Å². The number of aromatic nitrogens is 1. The lowest BCUT2D eigenvalue weighted by Crippen LogP contribution is -1.95. The van der Waals surface area contributed by atoms with Gasteiger partial charge in [0.15, 0.2) is 0 Å². The Morgan fingerprint density at radius 3 is 2.60 bits per heavy atom. The molecule has 1 atom stereocenters. The topological polar surface area (TPSA) is 22.1 Å². The minimum absolute atomic E-state index is 0.0806. The smallest absolute Gasteiger partial charge is 0.0823 e. The Balaban J connectivity index is 2.75. The summed E-state index contributed by atoms with van der Waals surface area (Å²) in [7, 11) is 1.64. The molecule has 1 aromatic rings. The van der Waals surface area contributed by atoms with Crippen molar-refractivity contribution >= 4 is 0 Å². The van der Waals surface area contributed by atoms with Gasteiger partial charge in [-0.15, -0.1) is 0 Å². The Morgan fingerprint density at radius 1 is 1.50 bits per heavy atom. The second kappa shape index (κ2) is 3.32. The average molecular weight is 136 g/mol. The molecular formula is C8H10NO. The second-order valence-electron chi connectivity index (χ2n) is 2.00. The first kappa shape index (κ1) is 7.22. The van der Waals surface area contributed by atoms with Gasteiger partial charge in [-0.25, -0.2) is 0 Å². The van der Waals surface area contributed by atoms with E-state index in [1.165, 1.54) is 0 Å². The van der Waals surface area contributed by atoms with Gasteiger partial charge in [-0.05, 0) is 24.6 Å². The lowest BCUT2D eigenvalue weighted by atomic mass is 10.2. The molecule has 0 aliphatic rings. The van der Waals surface area contributed by atoms with Crippen molar-refractivity contribution in [3.8, 4) is 0 Å². The fraction of sp³-hybridized carbons (Fsp3) is 0.250. The minimum atomic E-state index is -0.0806. The average Bonchev–Trinajstić information content (AvgIpc) is 2.05. The molecule has 53 valence electrons. The summed E-state index contributed by atoms with van der Waals surface area (Å²) >= 11 is 0. The van der Waals surface area contributed by atoms with Crippen LogP contribution in [0.3, 0.4) is 0 Å². The van der Waals surface area contributed by atoms with E-state index in [9.17, 15) is 0 Å². The molecule has 0 saturated carbocycles. The first-order valence-electron chi connectivity index (χ1n) is 3.10. The van der Waals surface area contributed by atoms with Crippen LogP contribution in [0, 0.1) is 6.92 Å². The highest BCUT2D eigenvalue weighted by atomic mass is 16.5. The number of hydrogen-bond acceptors (Lipinski definition) is 2. The zero-order valence-corrected chi connectivity index (χ0v) is 5.95. The number of methoxy groups -OCH3 is 1. The molecule has 0 amide bonds. The van der Waals surface area contributed by atoms with E-state index in [1.807, 2.05) is 12.1 Å². The molecule has 0 fully saturated rings. The molecule has 1 radical (unpaired) electrons. The van der Waals surface area contributed by atoms with Crippen LogP contribution in [0.1, 0.15) is 11.7 Å². The highest BCUT2D eigenvalue weighted by molar-refractivity contribution is 5.13. The zero-order chi connectivity index (χ0) is 7.40. The molecule has 0 saturated heterocycles. The van der Waals surface area contributed by atoms with Crippen LogP contribution in [-0.4, -0.2) is 12.1 Å². The highest BCUT2D eigenvalue weighted by Gasteiger charge is 2.00. The Morgan fingerprint density at radius 2 is 2.10 bits per heavy atom. The normalized spacial score (nSPS) is 13.0. The van der Waals surface area contributed by atoms with Crippen molar-refractivity contribution in [2.45, 2.75) is 6.10 Å². The quantitative estimate of drug-likeness (QED) is 0.616. The van der Waals surface area contributed by atoms with E-state index in [1.54, 1.807) is 19.5 Å². The predicted molar refractivity (Wildman–Crippen MR) is 39.3 cm³/mol. The lowest BCUT2D eigenvalue weighted by Gasteiger charge is -2.07. The lowest BCUT2D eigenvalue weighted by molar-refractivity contribution is 0.140. The van der Waals surface area contributed by atoms with Gasteiger partial charge < -0.3 is 4.74 Å². The summed E-state index contributed by atoms with van der Waals surface area (Å²) in [6.07, 6.45) is 3.38. The standard InChI is InChI=1S/C8H10NO/c1-7(10-2)8-3-5-9-6-4-8/h3-7H,1H2,2H3. The van der Waals surface area contributed by atoms with Gasteiger partial charge in [0.25, 0.3) is 0 Å². The SMILES string of the molecule is [CH2]C(OC)c1ccncc1. The van der Waals surface area contributed by atoms with Gasteiger partial charge in [0.2, 0.25) is 0 Å². The van der Waals surface area contributed by atoms with Crippen LogP contribution < -0.4 is 0 Å². The largest absolute Gasteiger partial charge is 0.377 e. The molecule has 0 aliphatic heterocycles. The summed E-state index contributed by atoms with van der Waals surface area (Å²) < 4.78 is 5.00. The molecule has 10 heavy (non-hydrogen) atoms. The third-order valence-electron chi connectivity index (χ3n) is 1.36. The van der Waals surface area contributed by atoms with E-state index in [4.69, 9.17) is 4.74 Å². The maximum absolute atomic E-state index is 5.00. The van der Waals surface area contributed by atoms with E-state index in [2.05, 4.69) is 11.9 Å². The molecule has 1 rings (SSSR count). The number of nitrogens with zero attached hydrogens (tertiary/aromatic N) is 1. The van der Waals surface area contributed by atoms with Crippen molar-refractivity contribution < 1.29 is 4.74 Å². The number of pyridine rings is 1. The molecule has 1 aromatic heterocycles. The van der Waals surface area contributed by atoms with Crippen molar-refractivity contribution in [2.24, 2.45) is 0 Å². The highest BCUT2D eigenvalue weighted by Crippen LogP contribution is 2.12. The first-order valence-corrected chi connectivity index (χ1v) is 3.10. The maximum Gasteiger partial charge on any atom is 0.0823 e. The molecule has 2 heteroatoms. The summed E-state index contributed by atoms with van der Waals surface area (Å²) in [5.41, 5.74) is 1.05. The molecule has 0 N–H and O–H groups in total. The van der Waals surface area contributed by atoms with E-state index < -0.39 is 0 Å². The van der Waals surface area contributed by atoms with Crippen LogP contribution in [0.5, 0.6) is 0 Å². The van der Waals surface area contributed by atoms with Crippen molar-refractivity contribution in [3.05, 3.63) is 37.0 Å². The Hall–Kier alpha value is -0.890. The fourth-order valence-corrected chi connectivity index (χ4v) is 0.714.